The number of rotatable bonds is 4. The van der Waals surface area contributed by atoms with E-state index in [-0.39, 0.29) is 0 Å². The molecule has 0 fully saturated rings. The lowest BCUT2D eigenvalue weighted by Gasteiger charge is -2.07. The van der Waals surface area contributed by atoms with Crippen LogP contribution in [0.4, 0.5) is 26.3 Å². The van der Waals surface area contributed by atoms with E-state index in [9.17, 15) is 26.3 Å². The summed E-state index contributed by atoms with van der Waals surface area (Å²) in [5.41, 5.74) is 3.12. The zero-order valence-corrected chi connectivity index (χ0v) is 93.0. The molecule has 2 aromatic heterocycles. The fourth-order valence-electron chi connectivity index (χ4n) is 5.47. The van der Waals surface area contributed by atoms with Crippen LogP contribution in [0.25, 0.3) is 0 Å². The van der Waals surface area contributed by atoms with Crippen LogP contribution < -0.4 is 0 Å². The van der Waals surface area contributed by atoms with Crippen LogP contribution in [0.15, 0.2) is 255 Å². The summed E-state index contributed by atoms with van der Waals surface area (Å²) in [6, 6.07) is 79.1. The fraction of sp³-hybridized carbons (Fsp3) is 0.467. The SMILES string of the molecule is CC.CC(C)C.CC(C)C.CC(C)C.CC(C)C.CC(C)C.CC(C)C.CC(C)C.CC(C)c1cc(Cl)c(Cl)cn1.CC(C)c1cc(Cl)ccc1Cl.CCc1[nH]c(C(C)C)nc1Cl.CCl.CCl.CF.CF.CF.CF.CF.CF.Clc1cccc(Cl)c1.Clc1ccccc1.Clc1ccccc1Cl.c1ccccc1.c1ccccc1.c1ccccc1.c1ccccc1. The van der Waals surface area contributed by atoms with Crippen molar-refractivity contribution in [2.24, 2.45) is 41.4 Å². The second-order valence-corrected chi connectivity index (χ2v) is 33.4. The number of halogens is 18. The quantitative estimate of drug-likeness (QED) is 0.141. The molecule has 0 radical (unpaired) electrons. The highest BCUT2D eigenvalue weighted by atomic mass is 35.5. The van der Waals surface area contributed by atoms with Gasteiger partial charge in [0, 0.05) is 55.7 Å². The number of imidazole rings is 1. The second-order valence-electron chi connectivity index (χ2n) is 29.3. The third-order valence-electron chi connectivity index (χ3n) is 9.66. The summed E-state index contributed by atoms with van der Waals surface area (Å²) in [4.78, 5) is 11.5. The first-order valence-electron chi connectivity index (χ1n) is 41.5. The number of pyridine rings is 1. The second kappa shape index (κ2) is 133. The van der Waals surface area contributed by atoms with Crippen LogP contribution in [0, 0.1) is 41.4 Å². The zero-order chi connectivity index (χ0) is 102. The topological polar surface area (TPSA) is 41.6 Å². The predicted molar refractivity (Wildman–Crippen MR) is 577 cm³/mol. The Morgan fingerprint density at radius 2 is 0.484 bits per heavy atom. The van der Waals surface area contributed by atoms with E-state index in [1.807, 2.05) is 220 Å². The van der Waals surface area contributed by atoms with Crippen molar-refractivity contribution in [2.45, 2.75) is 232 Å². The van der Waals surface area contributed by atoms with Crippen molar-refractivity contribution in [3.05, 3.63) is 328 Å². The molecule has 0 bridgehead atoms. The first kappa shape index (κ1) is 158. The highest BCUT2D eigenvalue weighted by Crippen LogP contribution is 2.27. The number of hydrogen-bond donors (Lipinski definition) is 1. The summed E-state index contributed by atoms with van der Waals surface area (Å²) in [5.74, 6) is 8.06. The minimum atomic E-state index is 0.393. The van der Waals surface area contributed by atoms with Gasteiger partial charge in [0.15, 0.2) is 0 Å². The van der Waals surface area contributed by atoms with Crippen molar-refractivity contribution in [1.82, 2.24) is 15.0 Å². The molecule has 1 N–H and O–H groups in total. The summed E-state index contributed by atoms with van der Waals surface area (Å²) >= 11 is 66.2. The largest absolute Gasteiger partial charge is 0.344 e. The summed E-state index contributed by atoms with van der Waals surface area (Å²) in [5, 5.41) is 6.61. The van der Waals surface area contributed by atoms with Crippen LogP contribution in [-0.4, -0.2) is 70.8 Å². The number of hydrogen-bond acceptors (Lipinski definition) is 2. The molecular formula is C105H169Cl12F6N3. The smallest absolute Gasteiger partial charge is 0.150 e. The predicted octanol–water partition coefficient (Wildman–Crippen LogP) is 43.3. The minimum Gasteiger partial charge on any atom is -0.344 e. The molecule has 8 aromatic carbocycles. The summed E-state index contributed by atoms with van der Waals surface area (Å²) in [7, 11) is 3.00. The van der Waals surface area contributed by atoms with Crippen molar-refractivity contribution in [3.63, 3.8) is 0 Å². The third-order valence-corrected chi connectivity index (χ3v) is 12.7. The van der Waals surface area contributed by atoms with Gasteiger partial charge in [-0.15, -0.1) is 23.2 Å². The molecule has 0 saturated carbocycles. The molecule has 126 heavy (non-hydrogen) atoms. The molecule has 0 atom stereocenters. The number of aryl methyl sites for hydroxylation is 1. The third kappa shape index (κ3) is 166. The van der Waals surface area contributed by atoms with Crippen LogP contribution in [0.1, 0.15) is 248 Å². The lowest BCUT2D eigenvalue weighted by molar-refractivity contribution is 0.635. The van der Waals surface area contributed by atoms with Crippen molar-refractivity contribution in [2.75, 3.05) is 55.8 Å². The van der Waals surface area contributed by atoms with Crippen LogP contribution in [0.3, 0.4) is 0 Å². The van der Waals surface area contributed by atoms with E-state index in [0.29, 0.717) is 96.1 Å². The van der Waals surface area contributed by atoms with Gasteiger partial charge >= 0.3 is 0 Å². The van der Waals surface area contributed by atoms with Crippen molar-refractivity contribution < 1.29 is 26.3 Å². The van der Waals surface area contributed by atoms with Crippen LogP contribution in [0.5, 0.6) is 0 Å². The number of alkyl halides is 8. The Morgan fingerprint density at radius 3 is 0.643 bits per heavy atom. The molecule has 0 spiro atoms. The van der Waals surface area contributed by atoms with Gasteiger partial charge in [-0.3, -0.25) is 31.3 Å². The molecule has 0 unspecified atom stereocenters. The maximum Gasteiger partial charge on any atom is 0.150 e. The van der Waals surface area contributed by atoms with Crippen LogP contribution >= 0.6 is 139 Å². The summed E-state index contributed by atoms with van der Waals surface area (Å²) in [6.45, 7) is 64.1. The maximum atomic E-state index is 9.50. The Hall–Kier alpha value is -4.82. The monoisotopic (exact) mass is 2010 g/mol. The fourth-order valence-corrected chi connectivity index (χ4v) is 7.38. The number of aromatic amines is 1. The van der Waals surface area contributed by atoms with Crippen LogP contribution in [0.2, 0.25) is 50.4 Å². The molecule has 0 aliphatic rings. The van der Waals surface area contributed by atoms with Gasteiger partial charge < -0.3 is 4.98 Å². The average molecular weight is 2010 g/mol. The lowest BCUT2D eigenvalue weighted by Crippen LogP contribution is -1.91. The molecular weight excluding hydrogens is 1840 g/mol. The Morgan fingerprint density at radius 1 is 0.254 bits per heavy atom. The highest BCUT2D eigenvalue weighted by molar-refractivity contribution is 6.42. The molecule has 730 valence electrons. The molecule has 0 saturated heterocycles. The lowest BCUT2D eigenvalue weighted by atomic mass is 10.0. The Balaban J connectivity index is -0.0000000728. The standard InChI is InChI=1S/C9H10Cl2.C8H9Cl2N.C8H13ClN2.2C6H4Cl2.C6H5Cl.4C6H6.7C4H10.C2H6.2CH3Cl.6CH3F/c1-6(2)8-5-7(10)3-4-9(8)11;1-5(2)8-3-6(9)7(10)4-11-8;1-4-6-7(9)11-8(10-6)5(2)3;7-5-2-1-3-6(8)4-5;7-5-3-1-2-4-6(5)8;7-6-4-2-1-3-5-6;4*1-2-4-6-5-3-1;7*1-4(2)3;9*1-2/h3-6H,1-2H3;3-5H,1-2H3;5H,4H2,1-3H3,(H,10,11);2*1-4H;1-5H;4*1-6H;7*4H,1-3H3;1-2H3;8*1H3. The number of nitrogens with zero attached hydrogens (tertiary/aromatic N) is 2. The van der Waals surface area contributed by atoms with Gasteiger partial charge in [-0.25, -0.2) is 4.98 Å². The number of aromatic nitrogens is 3. The maximum absolute atomic E-state index is 9.50. The highest BCUT2D eigenvalue weighted by Gasteiger charge is 2.09. The first-order chi connectivity index (χ1) is 59.5. The van der Waals surface area contributed by atoms with Gasteiger partial charge in [-0.1, -0.05) is 506 Å². The molecule has 2 heterocycles. The molecule has 3 nitrogen and oxygen atoms in total. The van der Waals surface area contributed by atoms with Crippen molar-refractivity contribution in [3.8, 4) is 0 Å². The summed E-state index contributed by atoms with van der Waals surface area (Å²) in [6.07, 6.45) is 5.44. The summed E-state index contributed by atoms with van der Waals surface area (Å²) < 4.78 is 57.0. The van der Waals surface area contributed by atoms with Crippen LogP contribution in [-0.2, 0) is 6.42 Å². The zero-order valence-electron chi connectivity index (χ0n) is 83.9. The Bertz CT molecular complexity index is 3090. The van der Waals surface area contributed by atoms with Crippen molar-refractivity contribution >= 4 is 139 Å². The molecule has 10 rings (SSSR count). The first-order valence-corrected chi connectivity index (χ1v) is 46.8. The molecule has 0 aliphatic heterocycles. The molecule has 0 aliphatic carbocycles. The van der Waals surface area contributed by atoms with E-state index in [1.54, 1.807) is 48.7 Å². The van der Waals surface area contributed by atoms with E-state index in [1.165, 1.54) is 12.8 Å². The number of nitrogens with one attached hydrogen (secondary N) is 1. The van der Waals surface area contributed by atoms with Gasteiger partial charge in [0.2, 0.25) is 0 Å². The van der Waals surface area contributed by atoms with Gasteiger partial charge in [-0.05, 0) is 132 Å². The number of benzene rings is 8. The van der Waals surface area contributed by atoms with E-state index in [4.69, 9.17) is 116 Å². The molecule has 0 amide bonds. The average Bonchev–Trinajstić information content (AvgIpc) is 1.49. The van der Waals surface area contributed by atoms with E-state index >= 15 is 0 Å². The van der Waals surface area contributed by atoms with E-state index < -0.39 is 0 Å². The van der Waals surface area contributed by atoms with Gasteiger partial charge in [0.1, 0.15) is 11.0 Å². The van der Waals surface area contributed by atoms with Gasteiger partial charge in [0.05, 0.1) is 68.8 Å². The Labute approximate surface area is 830 Å². The Kier molecular flexibility index (Phi) is 167. The molecule has 10 aromatic rings. The minimum absolute atomic E-state index is 0.393. The number of H-pyrrole nitrogens is 1. The van der Waals surface area contributed by atoms with Gasteiger partial charge in [0.25, 0.3) is 0 Å². The normalized spacial score (nSPS) is 8.43. The van der Waals surface area contributed by atoms with Gasteiger partial charge in [-0.2, -0.15) is 0 Å². The van der Waals surface area contributed by atoms with E-state index in [2.05, 4.69) is 232 Å². The van der Waals surface area contributed by atoms with E-state index in [0.717, 1.165) is 85.7 Å². The van der Waals surface area contributed by atoms with Crippen molar-refractivity contribution in [1.29, 1.82) is 0 Å². The molecule has 21 heteroatoms.